The predicted octanol–water partition coefficient (Wildman–Crippen LogP) is 2.10. The topological polar surface area (TPSA) is 68.2 Å². The summed E-state index contributed by atoms with van der Waals surface area (Å²) in [7, 11) is 0. The third-order valence-electron chi connectivity index (χ3n) is 3.01. The maximum Gasteiger partial charge on any atom is 0.157 e. The highest BCUT2D eigenvalue weighted by Gasteiger charge is 2.19. The number of aryl methyl sites for hydroxylation is 1. The molecule has 0 amide bonds. The fourth-order valence-electron chi connectivity index (χ4n) is 1.91. The van der Waals surface area contributed by atoms with E-state index in [1.807, 2.05) is 17.5 Å². The van der Waals surface area contributed by atoms with Crippen molar-refractivity contribution in [2.75, 3.05) is 18.4 Å². The van der Waals surface area contributed by atoms with E-state index in [-0.39, 0.29) is 5.41 Å². The van der Waals surface area contributed by atoms with Crippen LogP contribution in [0.3, 0.4) is 0 Å². The minimum Gasteiger partial charge on any atom is -0.370 e. The van der Waals surface area contributed by atoms with Crippen molar-refractivity contribution >= 4 is 11.5 Å². The minimum atomic E-state index is 0.0239. The Bertz CT molecular complexity index is 565. The monoisotopic (exact) mass is 261 g/mol. The van der Waals surface area contributed by atoms with Crippen LogP contribution in [0.25, 0.3) is 5.65 Å². The normalized spacial score (nSPS) is 12.1. The van der Waals surface area contributed by atoms with Crippen LogP contribution in [-0.2, 0) is 5.41 Å². The van der Waals surface area contributed by atoms with Gasteiger partial charge in [0.15, 0.2) is 5.65 Å². The molecule has 2 heterocycles. The maximum absolute atomic E-state index is 5.52. The van der Waals surface area contributed by atoms with Crippen molar-refractivity contribution < 1.29 is 0 Å². The van der Waals surface area contributed by atoms with E-state index in [9.17, 15) is 0 Å². The molecule has 0 unspecified atom stereocenters. The van der Waals surface area contributed by atoms with E-state index < -0.39 is 0 Å². The van der Waals surface area contributed by atoms with Crippen LogP contribution in [0, 0.1) is 6.92 Å². The molecule has 0 bridgehead atoms. The van der Waals surface area contributed by atoms with Crippen LogP contribution < -0.4 is 11.1 Å². The molecule has 0 spiro atoms. The van der Waals surface area contributed by atoms with Crippen LogP contribution >= 0.6 is 0 Å². The second kappa shape index (κ2) is 5.17. The summed E-state index contributed by atoms with van der Waals surface area (Å²) in [6.07, 6.45) is 0.941. The Morgan fingerprint density at radius 1 is 1.32 bits per heavy atom. The summed E-state index contributed by atoms with van der Waals surface area (Å²) in [5, 5.41) is 8.04. The first-order valence-electron chi connectivity index (χ1n) is 6.73. The number of anilines is 1. The summed E-state index contributed by atoms with van der Waals surface area (Å²) in [6, 6.07) is 4.07. The standard InChI is InChI=1S/C14H23N5/c1-10-8-12(16-7-5-6-15)19-13(17-10)9-11(18-19)14(2,3)4/h8-9,16H,5-7,15H2,1-4H3. The molecular weight excluding hydrogens is 238 g/mol. The molecule has 0 atom stereocenters. The Morgan fingerprint density at radius 2 is 2.05 bits per heavy atom. The summed E-state index contributed by atoms with van der Waals surface area (Å²) in [6.45, 7) is 10.00. The second-order valence-electron chi connectivity index (χ2n) is 5.90. The lowest BCUT2D eigenvalue weighted by Gasteiger charge is -2.13. The quantitative estimate of drug-likeness (QED) is 0.827. The molecule has 19 heavy (non-hydrogen) atoms. The molecule has 0 fully saturated rings. The van der Waals surface area contributed by atoms with Gasteiger partial charge in [-0.05, 0) is 19.9 Å². The highest BCUT2D eigenvalue weighted by atomic mass is 15.3. The number of rotatable bonds is 4. The summed E-state index contributed by atoms with van der Waals surface area (Å²) >= 11 is 0. The fraction of sp³-hybridized carbons (Fsp3) is 0.571. The van der Waals surface area contributed by atoms with Crippen molar-refractivity contribution in [1.82, 2.24) is 14.6 Å². The summed E-state index contributed by atoms with van der Waals surface area (Å²) < 4.78 is 1.88. The van der Waals surface area contributed by atoms with Gasteiger partial charge in [-0.2, -0.15) is 9.61 Å². The van der Waals surface area contributed by atoms with E-state index in [0.717, 1.165) is 35.8 Å². The molecule has 0 saturated carbocycles. The van der Waals surface area contributed by atoms with E-state index >= 15 is 0 Å². The fourth-order valence-corrected chi connectivity index (χ4v) is 1.91. The number of aromatic nitrogens is 3. The van der Waals surface area contributed by atoms with E-state index in [1.54, 1.807) is 0 Å². The van der Waals surface area contributed by atoms with Crippen LogP contribution in [-0.4, -0.2) is 27.7 Å². The summed E-state index contributed by atoms with van der Waals surface area (Å²) in [5.74, 6) is 0.978. The number of hydrogen-bond donors (Lipinski definition) is 2. The van der Waals surface area contributed by atoms with Crippen molar-refractivity contribution in [2.45, 2.75) is 39.5 Å². The average molecular weight is 261 g/mol. The lowest BCUT2D eigenvalue weighted by molar-refractivity contribution is 0.563. The van der Waals surface area contributed by atoms with Crippen LogP contribution in [0.2, 0.25) is 0 Å². The molecule has 2 rings (SSSR count). The molecule has 2 aromatic heterocycles. The van der Waals surface area contributed by atoms with Crippen LogP contribution in [0.4, 0.5) is 5.82 Å². The maximum atomic E-state index is 5.52. The second-order valence-corrected chi connectivity index (χ2v) is 5.90. The summed E-state index contributed by atoms with van der Waals surface area (Å²) in [5.41, 5.74) is 8.47. The Balaban J connectivity index is 2.42. The number of hydrogen-bond acceptors (Lipinski definition) is 4. The third-order valence-corrected chi connectivity index (χ3v) is 3.01. The molecule has 2 aromatic rings. The molecule has 3 N–H and O–H groups in total. The van der Waals surface area contributed by atoms with Crippen molar-refractivity contribution in [2.24, 2.45) is 5.73 Å². The zero-order valence-electron chi connectivity index (χ0n) is 12.2. The van der Waals surface area contributed by atoms with Gasteiger partial charge in [0.1, 0.15) is 5.82 Å². The van der Waals surface area contributed by atoms with Gasteiger partial charge in [0.05, 0.1) is 5.69 Å². The third kappa shape index (κ3) is 3.04. The lowest BCUT2D eigenvalue weighted by Crippen LogP contribution is -2.14. The Morgan fingerprint density at radius 3 is 2.68 bits per heavy atom. The van der Waals surface area contributed by atoms with Crippen LogP contribution in [0.15, 0.2) is 12.1 Å². The minimum absolute atomic E-state index is 0.0239. The predicted molar refractivity (Wildman–Crippen MR) is 78.6 cm³/mol. The van der Waals surface area contributed by atoms with Gasteiger partial charge in [-0.1, -0.05) is 20.8 Å². The van der Waals surface area contributed by atoms with Gasteiger partial charge < -0.3 is 11.1 Å². The van der Waals surface area contributed by atoms with Gasteiger partial charge in [-0.15, -0.1) is 0 Å². The molecule has 104 valence electrons. The van der Waals surface area contributed by atoms with Crippen molar-refractivity contribution in [3.05, 3.63) is 23.5 Å². The largest absolute Gasteiger partial charge is 0.370 e. The van der Waals surface area contributed by atoms with Gasteiger partial charge in [0.2, 0.25) is 0 Å². The van der Waals surface area contributed by atoms with Gasteiger partial charge >= 0.3 is 0 Å². The van der Waals surface area contributed by atoms with E-state index in [2.05, 4.69) is 42.2 Å². The number of fused-ring (bicyclic) bond motifs is 1. The number of nitrogens with one attached hydrogen (secondary N) is 1. The zero-order chi connectivity index (χ0) is 14.0. The molecule has 5 nitrogen and oxygen atoms in total. The van der Waals surface area contributed by atoms with Gasteiger partial charge in [-0.25, -0.2) is 4.98 Å². The summed E-state index contributed by atoms with van der Waals surface area (Å²) in [4.78, 5) is 4.53. The molecule has 0 radical (unpaired) electrons. The molecule has 0 aliphatic carbocycles. The smallest absolute Gasteiger partial charge is 0.157 e. The van der Waals surface area contributed by atoms with E-state index in [4.69, 9.17) is 5.73 Å². The molecule has 0 saturated heterocycles. The first kappa shape index (κ1) is 13.8. The molecule has 5 heteroatoms. The Hall–Kier alpha value is -1.62. The number of nitrogens with two attached hydrogens (primary N) is 1. The van der Waals surface area contributed by atoms with E-state index in [1.165, 1.54) is 0 Å². The molecule has 0 aliphatic rings. The van der Waals surface area contributed by atoms with Gasteiger partial charge in [-0.3, -0.25) is 0 Å². The first-order chi connectivity index (χ1) is 8.91. The van der Waals surface area contributed by atoms with E-state index in [0.29, 0.717) is 6.54 Å². The van der Waals surface area contributed by atoms with Crippen LogP contribution in [0.1, 0.15) is 38.6 Å². The van der Waals surface area contributed by atoms with Crippen molar-refractivity contribution in [3.8, 4) is 0 Å². The first-order valence-corrected chi connectivity index (χ1v) is 6.73. The highest BCUT2D eigenvalue weighted by molar-refractivity contribution is 5.51. The average Bonchev–Trinajstić information content (AvgIpc) is 2.72. The van der Waals surface area contributed by atoms with Crippen molar-refractivity contribution in [3.63, 3.8) is 0 Å². The molecular formula is C14H23N5. The number of nitrogens with zero attached hydrogens (tertiary/aromatic N) is 3. The highest BCUT2D eigenvalue weighted by Crippen LogP contribution is 2.23. The SMILES string of the molecule is Cc1cc(NCCCN)n2nc(C(C)(C)C)cc2n1. The zero-order valence-corrected chi connectivity index (χ0v) is 12.2. The molecule has 0 aliphatic heterocycles. The Labute approximate surface area is 114 Å². The Kier molecular flexibility index (Phi) is 3.75. The molecule has 0 aromatic carbocycles. The van der Waals surface area contributed by atoms with Crippen molar-refractivity contribution in [1.29, 1.82) is 0 Å². The van der Waals surface area contributed by atoms with Crippen LogP contribution in [0.5, 0.6) is 0 Å². The van der Waals surface area contributed by atoms with Gasteiger partial charge in [0, 0.05) is 29.8 Å². The van der Waals surface area contributed by atoms with Gasteiger partial charge in [0.25, 0.3) is 0 Å². The lowest BCUT2D eigenvalue weighted by atomic mass is 9.93.